The van der Waals surface area contributed by atoms with E-state index in [2.05, 4.69) is 27.0 Å². The van der Waals surface area contributed by atoms with Crippen LogP contribution in [0.1, 0.15) is 97.8 Å². The number of fused-ring (bicyclic) bond motifs is 1. The number of ether oxygens (including phenoxy) is 9. The first-order valence-corrected chi connectivity index (χ1v) is 20.5. The van der Waals surface area contributed by atoms with Crippen LogP contribution in [0.25, 0.3) is 0 Å². The lowest BCUT2D eigenvalue weighted by molar-refractivity contribution is -0.292. The van der Waals surface area contributed by atoms with E-state index >= 15 is 0 Å². The van der Waals surface area contributed by atoms with Crippen LogP contribution in [0.5, 0.6) is 0 Å². The predicted octanol–water partition coefficient (Wildman–Crippen LogP) is 4.07. The number of rotatable bonds is 14. The van der Waals surface area contributed by atoms with Crippen LogP contribution in [-0.4, -0.2) is 128 Å². The Bertz CT molecular complexity index is 1350. The minimum atomic E-state index is -0.789. The van der Waals surface area contributed by atoms with Crippen molar-refractivity contribution in [2.24, 2.45) is 17.6 Å². The van der Waals surface area contributed by atoms with Crippen molar-refractivity contribution in [3.63, 3.8) is 0 Å². The fourth-order valence-corrected chi connectivity index (χ4v) is 10.9. The van der Waals surface area contributed by atoms with Crippen LogP contribution in [0, 0.1) is 11.8 Å². The Morgan fingerprint density at radius 1 is 0.887 bits per heavy atom. The van der Waals surface area contributed by atoms with E-state index in [0.29, 0.717) is 38.0 Å². The van der Waals surface area contributed by atoms with Gasteiger partial charge in [0.05, 0.1) is 67.1 Å². The monoisotopic (exact) mass is 745 g/mol. The molecule has 1 unspecified atom stereocenters. The molecule has 9 saturated heterocycles. The molecule has 9 aliphatic rings. The number of carbonyl (C=O) groups is 1. The van der Waals surface area contributed by atoms with Gasteiger partial charge in [0.25, 0.3) is 0 Å². The number of carbonyl (C=O) groups excluding carboxylic acids is 1. The van der Waals surface area contributed by atoms with Crippen LogP contribution in [0.15, 0.2) is 24.3 Å². The molecule has 0 radical (unpaired) electrons. The first-order chi connectivity index (χ1) is 25.4. The van der Waals surface area contributed by atoms with Gasteiger partial charge in [0.2, 0.25) is 0 Å². The summed E-state index contributed by atoms with van der Waals surface area (Å²) >= 11 is 0. The number of hydrogen-bond donors (Lipinski definition) is 2. The Morgan fingerprint density at radius 3 is 2.43 bits per heavy atom. The lowest BCUT2D eigenvalue weighted by Gasteiger charge is -2.47. The maximum atomic E-state index is 13.5. The Morgan fingerprint density at radius 2 is 1.66 bits per heavy atom. The number of ketones is 1. The summed E-state index contributed by atoms with van der Waals surface area (Å²) in [6, 6.07) is 0. The van der Waals surface area contributed by atoms with Crippen LogP contribution in [-0.2, 0) is 47.4 Å². The van der Waals surface area contributed by atoms with Crippen molar-refractivity contribution in [1.82, 2.24) is 0 Å². The van der Waals surface area contributed by atoms with E-state index in [9.17, 15) is 9.90 Å². The quantitative estimate of drug-likeness (QED) is 0.247. The van der Waals surface area contributed by atoms with Crippen molar-refractivity contribution in [3.8, 4) is 0 Å². The first kappa shape index (κ1) is 38.6. The minimum Gasteiger partial charge on any atom is -0.392 e. The largest absolute Gasteiger partial charge is 0.392 e. The fraction of sp³-hybridized carbons (Fsp3) is 0.878. The van der Waals surface area contributed by atoms with Gasteiger partial charge in [-0.3, -0.25) is 4.79 Å². The molecule has 3 N–H and O–H groups in total. The van der Waals surface area contributed by atoms with Crippen LogP contribution in [0.2, 0.25) is 0 Å². The molecule has 0 saturated carbocycles. The van der Waals surface area contributed by atoms with E-state index in [-0.39, 0.29) is 110 Å². The standard InChI is InChI=1S/C41H63NO11/c1-20-13-27(46-23(4)22(20)3)7-9-31-21(2)14-29(48-31)11-12-41-18-34-37(52-41)38-39(51-34)40(53-41)36-32(50-38)10-8-28(49-36)15-25(43)16-30-24(5)47-33(35(30)45-6)17-26(44)19-42/h20,23-24,26-40,44H,2-3,7-19,42H2,1,4-6H3/t20-,23-,24+,26?,27+,28-,29+,30+,31+,32+,33-,34-,35-,36+,37+,38+,39-,40+,41+/m1/s1. The summed E-state index contributed by atoms with van der Waals surface area (Å²) in [6.45, 7) is 15.1. The lowest BCUT2D eigenvalue weighted by atomic mass is 9.85. The van der Waals surface area contributed by atoms with Crippen molar-refractivity contribution in [1.29, 1.82) is 0 Å². The molecule has 9 heterocycles. The van der Waals surface area contributed by atoms with Crippen molar-refractivity contribution in [2.75, 3.05) is 13.7 Å². The highest BCUT2D eigenvalue weighted by Crippen LogP contribution is 2.54. The predicted molar refractivity (Wildman–Crippen MR) is 193 cm³/mol. The highest BCUT2D eigenvalue weighted by atomic mass is 16.8. The molecule has 0 aromatic carbocycles. The molecule has 9 rings (SSSR count). The van der Waals surface area contributed by atoms with Gasteiger partial charge >= 0.3 is 0 Å². The highest BCUT2D eigenvalue weighted by Gasteiger charge is 2.68. The molecule has 0 amide bonds. The molecule has 12 heteroatoms. The SMILES string of the molecule is C=C1C[C@H](CC[C@@]23C[C@H]4O[C@H]5[C@@H](O2)[C@H]2O[C@@H](CC(=O)C[C@@H]6[C@@H](OC)[C@@H](CC(O)CN)O[C@H]6C)CC[C@@H]2O[C@H]5[C@H]4O3)O[C@H]1CC[C@H]1C[C@@H](C)C(=C)[C@@H](C)O1. The van der Waals surface area contributed by atoms with Gasteiger partial charge in [0.1, 0.15) is 36.3 Å². The summed E-state index contributed by atoms with van der Waals surface area (Å²) < 4.78 is 58.5. The van der Waals surface area contributed by atoms with E-state index in [1.165, 1.54) is 5.57 Å². The maximum absolute atomic E-state index is 13.5. The summed E-state index contributed by atoms with van der Waals surface area (Å²) in [5.41, 5.74) is 7.99. The Kier molecular flexibility index (Phi) is 11.3. The number of aliphatic hydroxyl groups excluding tert-OH is 1. The Balaban J connectivity index is 0.857. The van der Waals surface area contributed by atoms with Gasteiger partial charge < -0.3 is 53.5 Å². The number of Topliss-reactive ketones (excluding diaryl/α,β-unsaturated/α-hetero) is 1. The number of aliphatic hydroxyl groups is 1. The molecular formula is C41H63NO11. The van der Waals surface area contributed by atoms with Crippen molar-refractivity contribution in [2.45, 2.75) is 201 Å². The van der Waals surface area contributed by atoms with E-state index in [0.717, 1.165) is 50.5 Å². The zero-order valence-corrected chi connectivity index (χ0v) is 32.1. The van der Waals surface area contributed by atoms with Gasteiger partial charge in [-0.25, -0.2) is 0 Å². The minimum absolute atomic E-state index is 0.0409. The molecule has 9 aliphatic heterocycles. The molecule has 9 fully saturated rings. The van der Waals surface area contributed by atoms with E-state index < -0.39 is 11.9 Å². The summed E-state index contributed by atoms with van der Waals surface area (Å²) in [6.07, 6.45) is 5.67. The van der Waals surface area contributed by atoms with Gasteiger partial charge in [-0.05, 0) is 75.9 Å². The summed E-state index contributed by atoms with van der Waals surface area (Å²) in [5, 5.41) is 10.1. The fourth-order valence-electron chi connectivity index (χ4n) is 10.9. The normalized spacial score (nSPS) is 49.4. The maximum Gasteiger partial charge on any atom is 0.172 e. The number of nitrogens with two attached hydrogens (primary N) is 1. The van der Waals surface area contributed by atoms with Crippen molar-refractivity contribution >= 4 is 5.78 Å². The van der Waals surface area contributed by atoms with E-state index in [1.54, 1.807) is 7.11 Å². The van der Waals surface area contributed by atoms with Crippen molar-refractivity contribution in [3.05, 3.63) is 24.3 Å². The first-order valence-electron chi connectivity index (χ1n) is 20.5. The van der Waals surface area contributed by atoms with Crippen molar-refractivity contribution < 1.29 is 52.5 Å². The van der Waals surface area contributed by atoms with Gasteiger partial charge in [-0.15, -0.1) is 0 Å². The average molecular weight is 746 g/mol. The van der Waals surface area contributed by atoms with Crippen LogP contribution in [0.3, 0.4) is 0 Å². The second kappa shape index (κ2) is 15.6. The summed E-state index contributed by atoms with van der Waals surface area (Å²) in [7, 11) is 1.64. The van der Waals surface area contributed by atoms with Crippen LogP contribution >= 0.6 is 0 Å². The summed E-state index contributed by atoms with van der Waals surface area (Å²) in [4.78, 5) is 13.5. The third-order valence-corrected chi connectivity index (χ3v) is 13.8. The molecule has 0 spiro atoms. The third-order valence-electron chi connectivity index (χ3n) is 13.8. The average Bonchev–Trinajstić information content (AvgIpc) is 3.80. The third kappa shape index (κ3) is 7.61. The van der Waals surface area contributed by atoms with Gasteiger partial charge in [-0.2, -0.15) is 0 Å². The second-order valence-electron chi connectivity index (χ2n) is 17.5. The highest BCUT2D eigenvalue weighted by molar-refractivity contribution is 5.79. The molecule has 53 heavy (non-hydrogen) atoms. The Hall–Kier alpha value is -1.29. The molecule has 298 valence electrons. The van der Waals surface area contributed by atoms with Gasteiger partial charge in [-0.1, -0.05) is 20.1 Å². The Labute approximate surface area is 314 Å². The van der Waals surface area contributed by atoms with Crippen LogP contribution in [0.4, 0.5) is 0 Å². The number of hydrogen-bond acceptors (Lipinski definition) is 12. The topological polar surface area (TPSA) is 146 Å². The summed E-state index contributed by atoms with van der Waals surface area (Å²) in [5.74, 6) is -0.303. The smallest absolute Gasteiger partial charge is 0.172 e. The molecule has 0 aromatic rings. The number of methoxy groups -OCH3 is 1. The second-order valence-corrected chi connectivity index (χ2v) is 17.5. The zero-order valence-electron chi connectivity index (χ0n) is 32.1. The molecule has 12 nitrogen and oxygen atoms in total. The lowest BCUT2D eigenvalue weighted by Crippen LogP contribution is -2.61. The van der Waals surface area contributed by atoms with Crippen LogP contribution < -0.4 is 5.73 Å². The van der Waals surface area contributed by atoms with E-state index in [4.69, 9.17) is 48.4 Å². The molecule has 6 bridgehead atoms. The molecule has 19 atom stereocenters. The van der Waals surface area contributed by atoms with E-state index in [1.807, 2.05) is 6.92 Å². The molecule has 0 aliphatic carbocycles. The molecule has 0 aromatic heterocycles. The molecular weight excluding hydrogens is 682 g/mol. The van der Waals surface area contributed by atoms with Gasteiger partial charge in [0.15, 0.2) is 5.79 Å². The zero-order chi connectivity index (χ0) is 37.2. The van der Waals surface area contributed by atoms with Gasteiger partial charge in [0, 0.05) is 51.7 Å².